The third-order valence-corrected chi connectivity index (χ3v) is 5.24. The van der Waals surface area contributed by atoms with Crippen LogP contribution in [0.15, 0.2) is 60.7 Å². The van der Waals surface area contributed by atoms with Gasteiger partial charge in [0.15, 0.2) is 5.13 Å². The molecule has 0 saturated carbocycles. The fraction of sp³-hybridized carbons (Fsp3) is 0.143. The summed E-state index contributed by atoms with van der Waals surface area (Å²) < 4.78 is 1.10. The van der Waals surface area contributed by atoms with Crippen molar-refractivity contribution in [2.45, 2.75) is 19.8 Å². The van der Waals surface area contributed by atoms with Gasteiger partial charge in [0.1, 0.15) is 0 Å². The van der Waals surface area contributed by atoms with Crippen LogP contribution in [0, 0.1) is 0 Å². The number of rotatable bonds is 3. The number of hydrogen-bond donors (Lipinski definition) is 1. The van der Waals surface area contributed by atoms with Crippen molar-refractivity contribution < 1.29 is 4.79 Å². The van der Waals surface area contributed by atoms with Crippen LogP contribution in [0.5, 0.6) is 0 Å². The third-order valence-electron chi connectivity index (χ3n) is 4.30. The summed E-state index contributed by atoms with van der Waals surface area (Å²) in [6.45, 7) is 4.31. The number of para-hydroxylation sites is 1. The third kappa shape index (κ3) is 3.01. The number of benzene rings is 3. The molecule has 0 unspecified atom stereocenters. The first-order chi connectivity index (χ1) is 12.1. The van der Waals surface area contributed by atoms with Crippen molar-refractivity contribution in [3.05, 3.63) is 71.8 Å². The van der Waals surface area contributed by atoms with Gasteiger partial charge in [-0.05, 0) is 40.5 Å². The molecule has 0 bridgehead atoms. The Hall–Kier alpha value is -2.72. The van der Waals surface area contributed by atoms with Gasteiger partial charge in [-0.3, -0.25) is 10.1 Å². The maximum Gasteiger partial charge on any atom is 0.257 e. The zero-order chi connectivity index (χ0) is 17.4. The normalized spacial score (nSPS) is 11.3. The molecule has 0 radical (unpaired) electrons. The molecule has 1 heterocycles. The number of carbonyl (C=O) groups is 1. The summed E-state index contributed by atoms with van der Waals surface area (Å²) in [5, 5.41) is 5.77. The number of nitrogens with zero attached hydrogens (tertiary/aromatic N) is 1. The molecule has 4 heteroatoms. The Bertz CT molecular complexity index is 1080. The van der Waals surface area contributed by atoms with E-state index in [1.54, 1.807) is 0 Å². The molecule has 4 aromatic rings. The Morgan fingerprint density at radius 3 is 2.60 bits per heavy atom. The zero-order valence-electron chi connectivity index (χ0n) is 14.1. The molecular formula is C21H18N2OS. The lowest BCUT2D eigenvalue weighted by atomic mass is 10.0. The first kappa shape index (κ1) is 15.8. The molecule has 0 aliphatic heterocycles. The average molecular weight is 346 g/mol. The molecular weight excluding hydrogens is 328 g/mol. The molecule has 0 aliphatic carbocycles. The number of amides is 1. The second kappa shape index (κ2) is 6.30. The number of hydrogen-bond acceptors (Lipinski definition) is 3. The lowest BCUT2D eigenvalue weighted by Crippen LogP contribution is -2.11. The van der Waals surface area contributed by atoms with Crippen LogP contribution in [0.4, 0.5) is 5.13 Å². The molecule has 0 aliphatic rings. The highest BCUT2D eigenvalue weighted by atomic mass is 32.1. The number of anilines is 1. The van der Waals surface area contributed by atoms with Gasteiger partial charge in [-0.1, -0.05) is 67.6 Å². The lowest BCUT2D eigenvalue weighted by molar-refractivity contribution is 0.102. The summed E-state index contributed by atoms with van der Waals surface area (Å²) in [7, 11) is 0. The van der Waals surface area contributed by atoms with Crippen LogP contribution in [0.3, 0.4) is 0 Å². The fourth-order valence-corrected chi connectivity index (χ4v) is 3.88. The molecule has 124 valence electrons. The lowest BCUT2D eigenvalue weighted by Gasteiger charge is -2.05. The van der Waals surface area contributed by atoms with Crippen LogP contribution >= 0.6 is 11.3 Å². The van der Waals surface area contributed by atoms with E-state index in [0.717, 1.165) is 21.0 Å². The van der Waals surface area contributed by atoms with Crippen molar-refractivity contribution in [1.29, 1.82) is 0 Å². The van der Waals surface area contributed by atoms with Gasteiger partial charge in [-0.25, -0.2) is 4.98 Å². The summed E-state index contributed by atoms with van der Waals surface area (Å²) in [6.07, 6.45) is 0. The summed E-state index contributed by atoms with van der Waals surface area (Å²) in [5.74, 6) is 0.269. The molecule has 0 spiro atoms. The number of fused-ring (bicyclic) bond motifs is 2. The van der Waals surface area contributed by atoms with Crippen molar-refractivity contribution in [3.8, 4) is 0 Å². The van der Waals surface area contributed by atoms with E-state index in [2.05, 4.69) is 30.2 Å². The molecule has 3 aromatic carbocycles. The van der Waals surface area contributed by atoms with Crippen molar-refractivity contribution in [2.75, 3.05) is 5.32 Å². The molecule has 25 heavy (non-hydrogen) atoms. The molecule has 0 saturated heterocycles. The Balaban J connectivity index is 1.65. The summed E-state index contributed by atoms with van der Waals surface area (Å²) in [4.78, 5) is 17.3. The van der Waals surface area contributed by atoms with Gasteiger partial charge >= 0.3 is 0 Å². The second-order valence-corrected chi connectivity index (χ2v) is 7.41. The maximum absolute atomic E-state index is 12.6. The highest BCUT2D eigenvalue weighted by Gasteiger charge is 2.13. The fourth-order valence-electron chi connectivity index (χ4n) is 2.99. The van der Waals surface area contributed by atoms with E-state index in [9.17, 15) is 4.79 Å². The van der Waals surface area contributed by atoms with E-state index in [1.807, 2.05) is 54.6 Å². The van der Waals surface area contributed by atoms with Gasteiger partial charge < -0.3 is 0 Å². The Morgan fingerprint density at radius 1 is 1.00 bits per heavy atom. The number of aromatic nitrogens is 1. The largest absolute Gasteiger partial charge is 0.298 e. The van der Waals surface area contributed by atoms with E-state index in [1.165, 1.54) is 16.9 Å². The molecule has 1 aromatic heterocycles. The molecule has 0 atom stereocenters. The second-order valence-electron chi connectivity index (χ2n) is 6.38. The van der Waals surface area contributed by atoms with Crippen molar-refractivity contribution in [2.24, 2.45) is 0 Å². The van der Waals surface area contributed by atoms with Gasteiger partial charge in [0, 0.05) is 5.56 Å². The van der Waals surface area contributed by atoms with E-state index < -0.39 is 0 Å². The number of carbonyl (C=O) groups excluding carboxylic acids is 1. The van der Waals surface area contributed by atoms with Crippen molar-refractivity contribution in [1.82, 2.24) is 4.98 Å². The van der Waals surface area contributed by atoms with Crippen LogP contribution in [-0.4, -0.2) is 10.9 Å². The molecule has 1 amide bonds. The summed E-state index contributed by atoms with van der Waals surface area (Å²) in [5.41, 5.74) is 2.83. The highest BCUT2D eigenvalue weighted by Crippen LogP contribution is 2.31. The van der Waals surface area contributed by atoms with Crippen molar-refractivity contribution in [3.63, 3.8) is 0 Å². The van der Waals surface area contributed by atoms with Crippen molar-refractivity contribution >= 4 is 43.4 Å². The predicted octanol–water partition coefficient (Wildman–Crippen LogP) is 5.83. The molecule has 1 N–H and O–H groups in total. The quantitative estimate of drug-likeness (QED) is 0.507. The van der Waals surface area contributed by atoms with Crippen LogP contribution in [0.1, 0.15) is 35.7 Å². The zero-order valence-corrected chi connectivity index (χ0v) is 14.9. The topological polar surface area (TPSA) is 42.0 Å². The van der Waals surface area contributed by atoms with Crippen LogP contribution in [-0.2, 0) is 0 Å². The van der Waals surface area contributed by atoms with E-state index in [4.69, 9.17) is 0 Å². The average Bonchev–Trinajstić information content (AvgIpc) is 3.03. The smallest absolute Gasteiger partial charge is 0.257 e. The minimum atomic E-state index is -0.129. The predicted molar refractivity (Wildman–Crippen MR) is 106 cm³/mol. The van der Waals surface area contributed by atoms with Gasteiger partial charge in [0.05, 0.1) is 10.2 Å². The van der Waals surface area contributed by atoms with Gasteiger partial charge in [0.25, 0.3) is 5.91 Å². The van der Waals surface area contributed by atoms with Gasteiger partial charge in [0.2, 0.25) is 0 Å². The van der Waals surface area contributed by atoms with Gasteiger partial charge in [-0.15, -0.1) is 0 Å². The Labute approximate surface area is 150 Å². The monoisotopic (exact) mass is 346 g/mol. The molecule has 4 rings (SSSR count). The van der Waals surface area contributed by atoms with Crippen LogP contribution < -0.4 is 5.32 Å². The van der Waals surface area contributed by atoms with Gasteiger partial charge in [-0.2, -0.15) is 0 Å². The number of nitrogens with one attached hydrogen (secondary N) is 1. The van der Waals surface area contributed by atoms with E-state index in [0.29, 0.717) is 16.6 Å². The number of thiazole rings is 1. The summed E-state index contributed by atoms with van der Waals surface area (Å²) in [6, 6.07) is 20.0. The first-order valence-electron chi connectivity index (χ1n) is 8.31. The van der Waals surface area contributed by atoms with E-state index in [-0.39, 0.29) is 5.91 Å². The minimum absolute atomic E-state index is 0.129. The highest BCUT2D eigenvalue weighted by molar-refractivity contribution is 7.22. The Morgan fingerprint density at radius 2 is 1.80 bits per heavy atom. The molecule has 0 fully saturated rings. The van der Waals surface area contributed by atoms with Crippen LogP contribution in [0.25, 0.3) is 21.0 Å². The van der Waals surface area contributed by atoms with Crippen LogP contribution in [0.2, 0.25) is 0 Å². The maximum atomic E-state index is 12.6. The standard InChI is InChI=1S/C21H18N2OS/c1-13(2)17-8-5-9-18-19(17)22-21(25-18)23-20(24)16-11-10-14-6-3-4-7-15(14)12-16/h3-13H,1-2H3,(H,22,23,24). The van der Waals surface area contributed by atoms with E-state index >= 15 is 0 Å². The minimum Gasteiger partial charge on any atom is -0.298 e. The first-order valence-corrected chi connectivity index (χ1v) is 9.13. The SMILES string of the molecule is CC(C)c1cccc2sc(NC(=O)c3ccc4ccccc4c3)nc12. The Kier molecular flexibility index (Phi) is 3.98. The summed E-state index contributed by atoms with van der Waals surface area (Å²) >= 11 is 1.51. The molecule has 3 nitrogen and oxygen atoms in total.